The highest BCUT2D eigenvalue weighted by Gasteiger charge is 2.42. The third-order valence-electron chi connectivity index (χ3n) is 4.96. The molecule has 1 aliphatic rings. The number of halogens is 3. The van der Waals surface area contributed by atoms with E-state index in [2.05, 4.69) is 11.1 Å². The lowest BCUT2D eigenvalue weighted by Gasteiger charge is -2.22. The van der Waals surface area contributed by atoms with Crippen LogP contribution in [0.2, 0.25) is 0 Å². The average Bonchev–Trinajstić information content (AvgIpc) is 3.08. The number of amides is 2. The van der Waals surface area contributed by atoms with Gasteiger partial charge in [-0.2, -0.15) is 18.4 Å². The summed E-state index contributed by atoms with van der Waals surface area (Å²) in [5, 5.41) is 11.1. The molecule has 1 atom stereocenters. The van der Waals surface area contributed by atoms with Crippen molar-refractivity contribution in [2.24, 2.45) is 0 Å². The van der Waals surface area contributed by atoms with E-state index in [4.69, 9.17) is 4.74 Å². The van der Waals surface area contributed by atoms with E-state index in [9.17, 15) is 23.2 Å². The van der Waals surface area contributed by atoms with Gasteiger partial charge in [0, 0.05) is 17.0 Å². The summed E-state index contributed by atoms with van der Waals surface area (Å²) < 4.78 is 44.9. The van der Waals surface area contributed by atoms with E-state index in [1.54, 1.807) is 18.3 Å². The molecule has 30 heavy (non-hydrogen) atoms. The molecule has 1 aliphatic heterocycles. The summed E-state index contributed by atoms with van der Waals surface area (Å²) in [5.41, 5.74) is -0.545. The van der Waals surface area contributed by atoms with Crippen LogP contribution in [0.1, 0.15) is 5.56 Å². The minimum Gasteiger partial charge on any atom is -0.495 e. The molecule has 1 aromatic heterocycles. The van der Waals surface area contributed by atoms with Gasteiger partial charge in [-0.25, -0.2) is 4.79 Å². The van der Waals surface area contributed by atoms with Crippen LogP contribution in [0.5, 0.6) is 5.75 Å². The zero-order valence-electron chi connectivity index (χ0n) is 15.7. The molecule has 0 unspecified atom stereocenters. The lowest BCUT2D eigenvalue weighted by atomic mass is 10.1. The fraction of sp³-hybridized carbons (Fsp3) is 0.190. The number of carbonyl (C=O) groups excluding carboxylic acids is 1. The first-order chi connectivity index (χ1) is 14.3. The summed E-state index contributed by atoms with van der Waals surface area (Å²) in [7, 11) is 1.31. The SMILES string of the molecule is COc1ccc(C(F)(F)F)cc1N1C[C@H](C#N)N(c2cncc3ccccc23)C1=O. The summed E-state index contributed by atoms with van der Waals surface area (Å²) >= 11 is 0. The first-order valence-electron chi connectivity index (χ1n) is 8.93. The monoisotopic (exact) mass is 412 g/mol. The summed E-state index contributed by atoms with van der Waals surface area (Å²) in [6.45, 7) is -0.115. The molecule has 1 fully saturated rings. The van der Waals surface area contributed by atoms with Crippen LogP contribution in [-0.2, 0) is 6.18 Å². The number of ether oxygens (including phenoxy) is 1. The molecule has 2 heterocycles. The standard InChI is InChI=1S/C21H15F3N4O2/c1-30-19-7-6-14(21(22,23)24)8-17(19)27-12-15(9-25)28(20(27)29)18-11-26-10-13-4-2-3-5-16(13)18/h2-8,10-11,15H,12H2,1H3/t15-/m0/s1. The minimum atomic E-state index is -4.59. The van der Waals surface area contributed by atoms with Crippen molar-refractivity contribution in [3.63, 3.8) is 0 Å². The second-order valence-corrected chi connectivity index (χ2v) is 6.67. The van der Waals surface area contributed by atoms with Gasteiger partial charge in [0.15, 0.2) is 0 Å². The number of nitriles is 1. The number of hydrogen-bond donors (Lipinski definition) is 0. The number of methoxy groups -OCH3 is 1. The van der Waals surface area contributed by atoms with E-state index >= 15 is 0 Å². The lowest BCUT2D eigenvalue weighted by Crippen LogP contribution is -2.34. The molecule has 0 spiro atoms. The van der Waals surface area contributed by atoms with Crippen molar-refractivity contribution < 1.29 is 22.7 Å². The highest BCUT2D eigenvalue weighted by atomic mass is 19.4. The number of pyridine rings is 1. The quantitative estimate of drug-likeness (QED) is 0.631. The van der Waals surface area contributed by atoms with E-state index in [1.807, 2.05) is 12.1 Å². The minimum absolute atomic E-state index is 0.0479. The van der Waals surface area contributed by atoms with Crippen LogP contribution < -0.4 is 14.5 Å². The second kappa shape index (κ2) is 7.22. The molecule has 6 nitrogen and oxygen atoms in total. The molecule has 0 saturated carbocycles. The molecule has 2 aromatic carbocycles. The van der Waals surface area contributed by atoms with E-state index < -0.39 is 23.8 Å². The number of carbonyl (C=O) groups is 1. The van der Waals surface area contributed by atoms with Crippen LogP contribution in [0.15, 0.2) is 54.9 Å². The highest BCUT2D eigenvalue weighted by Crippen LogP contribution is 2.40. The molecule has 1 saturated heterocycles. The van der Waals surface area contributed by atoms with Gasteiger partial charge >= 0.3 is 12.2 Å². The molecular weight excluding hydrogens is 397 g/mol. The molecule has 2 amide bonds. The van der Waals surface area contributed by atoms with Crippen molar-refractivity contribution in [3.8, 4) is 11.8 Å². The largest absolute Gasteiger partial charge is 0.495 e. The van der Waals surface area contributed by atoms with Crippen LogP contribution >= 0.6 is 0 Å². The van der Waals surface area contributed by atoms with Gasteiger partial charge in [-0.05, 0) is 18.2 Å². The fourth-order valence-electron chi connectivity index (χ4n) is 3.54. The number of hydrogen-bond acceptors (Lipinski definition) is 4. The number of benzene rings is 2. The van der Waals surface area contributed by atoms with Gasteiger partial charge in [0.1, 0.15) is 11.8 Å². The molecule has 9 heteroatoms. The molecule has 0 radical (unpaired) electrons. The van der Waals surface area contributed by atoms with Crippen LogP contribution in [-0.4, -0.2) is 30.7 Å². The first kappa shape index (κ1) is 19.5. The summed E-state index contributed by atoms with van der Waals surface area (Å²) in [5.74, 6) is 0.103. The molecule has 0 aliphatic carbocycles. The Morgan fingerprint density at radius 2 is 1.93 bits per heavy atom. The summed E-state index contributed by atoms with van der Waals surface area (Å²) in [6.07, 6.45) is -1.48. The number of fused-ring (bicyclic) bond motifs is 1. The fourth-order valence-corrected chi connectivity index (χ4v) is 3.54. The van der Waals surface area contributed by atoms with Gasteiger partial charge < -0.3 is 4.74 Å². The number of anilines is 2. The maximum absolute atomic E-state index is 13.3. The predicted octanol–water partition coefficient (Wildman–Crippen LogP) is 4.60. The number of nitrogens with zero attached hydrogens (tertiary/aromatic N) is 4. The van der Waals surface area contributed by atoms with Gasteiger partial charge in [0.2, 0.25) is 0 Å². The predicted molar refractivity (Wildman–Crippen MR) is 104 cm³/mol. The van der Waals surface area contributed by atoms with Crippen molar-refractivity contribution in [2.75, 3.05) is 23.5 Å². The van der Waals surface area contributed by atoms with Crippen molar-refractivity contribution in [1.29, 1.82) is 5.26 Å². The van der Waals surface area contributed by atoms with Gasteiger partial charge in [-0.1, -0.05) is 24.3 Å². The summed E-state index contributed by atoms with van der Waals surface area (Å²) in [6, 6.07) is 10.7. The normalized spacial score (nSPS) is 16.8. The molecule has 0 bridgehead atoms. The summed E-state index contributed by atoms with van der Waals surface area (Å²) in [4.78, 5) is 19.8. The van der Waals surface area contributed by atoms with Crippen LogP contribution in [0.3, 0.4) is 0 Å². The van der Waals surface area contributed by atoms with E-state index in [-0.39, 0.29) is 18.0 Å². The molecule has 4 rings (SSSR count). The second-order valence-electron chi connectivity index (χ2n) is 6.67. The number of urea groups is 1. The molecular formula is C21H15F3N4O2. The maximum Gasteiger partial charge on any atom is 0.416 e. The van der Waals surface area contributed by atoms with E-state index in [0.717, 1.165) is 28.5 Å². The molecule has 3 aromatic rings. The Morgan fingerprint density at radius 3 is 2.63 bits per heavy atom. The number of rotatable bonds is 3. The first-order valence-corrected chi connectivity index (χ1v) is 8.93. The number of alkyl halides is 3. The lowest BCUT2D eigenvalue weighted by molar-refractivity contribution is -0.137. The topological polar surface area (TPSA) is 69.5 Å². The molecule has 0 N–H and O–H groups in total. The van der Waals surface area contributed by atoms with Crippen LogP contribution in [0, 0.1) is 11.3 Å². The third kappa shape index (κ3) is 3.16. The zero-order chi connectivity index (χ0) is 21.5. The number of aromatic nitrogens is 1. The Bertz CT molecular complexity index is 1170. The Kier molecular flexibility index (Phi) is 4.70. The Labute approximate surface area is 169 Å². The van der Waals surface area contributed by atoms with Gasteiger partial charge in [0.05, 0.1) is 42.9 Å². The Balaban J connectivity index is 1.82. The van der Waals surface area contributed by atoms with Crippen molar-refractivity contribution >= 4 is 28.2 Å². The van der Waals surface area contributed by atoms with Crippen molar-refractivity contribution in [1.82, 2.24) is 4.98 Å². The van der Waals surface area contributed by atoms with Crippen LogP contribution in [0.25, 0.3) is 10.8 Å². The maximum atomic E-state index is 13.3. The molecule has 152 valence electrons. The van der Waals surface area contributed by atoms with E-state index in [1.165, 1.54) is 18.2 Å². The van der Waals surface area contributed by atoms with Gasteiger partial charge in [-0.15, -0.1) is 0 Å². The Morgan fingerprint density at radius 1 is 1.17 bits per heavy atom. The van der Waals surface area contributed by atoms with Gasteiger partial charge in [0.25, 0.3) is 0 Å². The van der Waals surface area contributed by atoms with E-state index in [0.29, 0.717) is 11.1 Å². The zero-order valence-corrected chi connectivity index (χ0v) is 15.7. The van der Waals surface area contributed by atoms with Crippen molar-refractivity contribution in [2.45, 2.75) is 12.2 Å². The van der Waals surface area contributed by atoms with Crippen LogP contribution in [0.4, 0.5) is 29.3 Å². The third-order valence-corrected chi connectivity index (χ3v) is 4.96. The van der Waals surface area contributed by atoms with Crippen molar-refractivity contribution in [3.05, 3.63) is 60.4 Å². The highest BCUT2D eigenvalue weighted by molar-refractivity contribution is 6.12. The smallest absolute Gasteiger partial charge is 0.416 e. The average molecular weight is 412 g/mol. The Hall–Kier alpha value is -3.80. The van der Waals surface area contributed by atoms with Gasteiger partial charge in [-0.3, -0.25) is 14.8 Å².